The lowest BCUT2D eigenvalue weighted by molar-refractivity contribution is 0.0175. The number of nitrogens with zero attached hydrogens (tertiary/aromatic N) is 1. The summed E-state index contributed by atoms with van der Waals surface area (Å²) < 4.78 is 46.4. The van der Waals surface area contributed by atoms with Gasteiger partial charge < -0.3 is 4.74 Å². The Morgan fingerprint density at radius 2 is 1.92 bits per heavy atom. The monoisotopic (exact) mass is 339 g/mol. The van der Waals surface area contributed by atoms with Gasteiger partial charge in [0, 0.05) is 17.7 Å². The lowest BCUT2D eigenvalue weighted by Crippen LogP contribution is -2.45. The summed E-state index contributed by atoms with van der Waals surface area (Å²) in [5.74, 6) is -3.06. The lowest BCUT2D eigenvalue weighted by atomic mass is 9.94. The fourth-order valence-corrected chi connectivity index (χ4v) is 3.42. The van der Waals surface area contributed by atoms with E-state index in [0.717, 1.165) is 18.9 Å². The van der Waals surface area contributed by atoms with Crippen LogP contribution >= 0.6 is 0 Å². The largest absolute Gasteiger partial charge is 0.444 e. The van der Waals surface area contributed by atoms with Crippen LogP contribution in [0.1, 0.15) is 45.6 Å². The molecule has 2 atom stereocenters. The number of carbonyl (C=O) groups is 1. The van der Waals surface area contributed by atoms with Crippen molar-refractivity contribution in [1.82, 2.24) is 4.90 Å². The third-order valence-electron chi connectivity index (χ3n) is 4.34. The number of ether oxygens (including phenoxy) is 1. The molecule has 1 aromatic rings. The molecule has 2 aliphatic rings. The minimum Gasteiger partial charge on any atom is -0.444 e. The molecule has 24 heavy (non-hydrogen) atoms. The number of hydrogen-bond donors (Lipinski definition) is 0. The van der Waals surface area contributed by atoms with Gasteiger partial charge in [-0.25, -0.2) is 18.0 Å². The average molecular weight is 339 g/mol. The number of hydrogen-bond acceptors (Lipinski definition) is 2. The molecular weight excluding hydrogens is 319 g/mol. The third kappa shape index (κ3) is 3.14. The maximum absolute atomic E-state index is 14.0. The molecule has 130 valence electrons. The predicted molar refractivity (Wildman–Crippen MR) is 83.8 cm³/mol. The summed E-state index contributed by atoms with van der Waals surface area (Å²) in [6, 6.07) is 1.16. The first-order valence-corrected chi connectivity index (χ1v) is 8.02. The summed E-state index contributed by atoms with van der Waals surface area (Å²) in [7, 11) is 0. The lowest BCUT2D eigenvalue weighted by Gasteiger charge is -2.35. The quantitative estimate of drug-likeness (QED) is 0.697. The fraction of sp³-hybridized carbons (Fsp3) is 0.500. The van der Waals surface area contributed by atoms with Crippen LogP contribution in [0.25, 0.3) is 5.57 Å². The van der Waals surface area contributed by atoms with Crippen LogP contribution in [-0.2, 0) is 4.74 Å². The molecule has 1 saturated heterocycles. The average Bonchev–Trinajstić information content (AvgIpc) is 2.72. The van der Waals surface area contributed by atoms with Crippen LogP contribution in [0, 0.1) is 17.5 Å². The number of benzene rings is 1. The highest BCUT2D eigenvalue weighted by Gasteiger charge is 2.42. The minimum atomic E-state index is -1.20. The standard InChI is InChI=1S/C18H20F3NO2/c1-18(2,3)24-17(23)22-12-4-5-13(22)7-10(6-12)14-8-11(19)9-15(20)16(14)21/h6,8-9,12-13H,4-5,7H2,1-3H3. The normalized spacial score (nSPS) is 23.2. The van der Waals surface area contributed by atoms with Crippen molar-refractivity contribution in [2.45, 2.75) is 57.7 Å². The van der Waals surface area contributed by atoms with E-state index in [0.29, 0.717) is 18.1 Å². The molecule has 3 nitrogen and oxygen atoms in total. The van der Waals surface area contributed by atoms with E-state index >= 15 is 0 Å². The van der Waals surface area contributed by atoms with Gasteiger partial charge in [-0.15, -0.1) is 0 Å². The molecule has 3 rings (SSSR count). The highest BCUT2D eigenvalue weighted by Crippen LogP contribution is 2.40. The number of rotatable bonds is 1. The van der Waals surface area contributed by atoms with Crippen LogP contribution in [0.4, 0.5) is 18.0 Å². The fourth-order valence-electron chi connectivity index (χ4n) is 3.42. The van der Waals surface area contributed by atoms with Crippen LogP contribution < -0.4 is 0 Å². The second-order valence-electron chi connectivity index (χ2n) is 7.33. The van der Waals surface area contributed by atoms with Crippen LogP contribution in [0.15, 0.2) is 18.2 Å². The van der Waals surface area contributed by atoms with Gasteiger partial charge >= 0.3 is 6.09 Å². The number of carbonyl (C=O) groups excluding carboxylic acids is 1. The van der Waals surface area contributed by atoms with E-state index in [4.69, 9.17) is 4.74 Å². The molecule has 1 amide bonds. The van der Waals surface area contributed by atoms with Crippen molar-refractivity contribution in [3.05, 3.63) is 41.2 Å². The van der Waals surface area contributed by atoms with E-state index in [1.165, 1.54) is 0 Å². The minimum absolute atomic E-state index is 0.0618. The molecule has 0 saturated carbocycles. The van der Waals surface area contributed by atoms with Gasteiger partial charge in [0.15, 0.2) is 11.6 Å². The van der Waals surface area contributed by atoms with Crippen molar-refractivity contribution in [3.8, 4) is 0 Å². The van der Waals surface area contributed by atoms with Crippen LogP contribution in [-0.4, -0.2) is 28.7 Å². The number of amides is 1. The van der Waals surface area contributed by atoms with Gasteiger partial charge in [0.25, 0.3) is 0 Å². The summed E-state index contributed by atoms with van der Waals surface area (Å²) >= 11 is 0. The van der Waals surface area contributed by atoms with Crippen LogP contribution in [0.3, 0.4) is 0 Å². The Bertz CT molecular complexity index is 709. The molecule has 0 spiro atoms. The Kier molecular flexibility index (Phi) is 4.10. The molecule has 0 N–H and O–H groups in total. The van der Waals surface area contributed by atoms with Gasteiger partial charge in [-0.2, -0.15) is 0 Å². The van der Waals surface area contributed by atoms with Crippen molar-refractivity contribution >= 4 is 11.7 Å². The topological polar surface area (TPSA) is 29.5 Å². The van der Waals surface area contributed by atoms with Gasteiger partial charge in [-0.1, -0.05) is 6.08 Å². The smallest absolute Gasteiger partial charge is 0.411 e. The maximum atomic E-state index is 14.0. The Hall–Kier alpha value is -1.98. The SMILES string of the molecule is CC(C)(C)OC(=O)N1C2C=C(c3cc(F)cc(F)c3F)CC1CC2. The van der Waals surface area contributed by atoms with Crippen molar-refractivity contribution in [1.29, 1.82) is 0 Å². The molecule has 2 heterocycles. The summed E-state index contributed by atoms with van der Waals surface area (Å²) in [5.41, 5.74) is -0.121. The molecule has 2 aliphatic heterocycles. The zero-order valence-electron chi connectivity index (χ0n) is 13.9. The molecule has 2 bridgehead atoms. The van der Waals surface area contributed by atoms with Gasteiger partial charge in [0.1, 0.15) is 11.4 Å². The van der Waals surface area contributed by atoms with E-state index in [-0.39, 0.29) is 17.6 Å². The summed E-state index contributed by atoms with van der Waals surface area (Å²) in [5, 5.41) is 0. The molecule has 1 aromatic carbocycles. The second kappa shape index (κ2) is 5.83. The molecule has 0 aliphatic carbocycles. The van der Waals surface area contributed by atoms with Crippen LogP contribution in [0.2, 0.25) is 0 Å². The van der Waals surface area contributed by atoms with E-state index in [9.17, 15) is 18.0 Å². The predicted octanol–water partition coefficient (Wildman–Crippen LogP) is 4.66. The second-order valence-corrected chi connectivity index (χ2v) is 7.33. The Morgan fingerprint density at radius 3 is 2.54 bits per heavy atom. The molecule has 1 fully saturated rings. The van der Waals surface area contributed by atoms with Crippen molar-refractivity contribution in [3.63, 3.8) is 0 Å². The Labute approximate surface area is 139 Å². The zero-order chi connectivity index (χ0) is 17.6. The molecule has 2 unspecified atom stereocenters. The number of fused-ring (bicyclic) bond motifs is 2. The summed E-state index contributed by atoms with van der Waals surface area (Å²) in [6.45, 7) is 5.38. The zero-order valence-corrected chi connectivity index (χ0v) is 13.9. The van der Waals surface area contributed by atoms with Crippen LogP contribution in [0.5, 0.6) is 0 Å². The first kappa shape index (κ1) is 16.9. The third-order valence-corrected chi connectivity index (χ3v) is 4.34. The molecule has 0 radical (unpaired) electrons. The first-order chi connectivity index (χ1) is 11.2. The Balaban J connectivity index is 1.89. The van der Waals surface area contributed by atoms with E-state index in [2.05, 4.69) is 0 Å². The van der Waals surface area contributed by atoms with E-state index < -0.39 is 29.1 Å². The molecular formula is C18H20F3NO2. The first-order valence-electron chi connectivity index (χ1n) is 8.02. The van der Waals surface area contributed by atoms with Crippen molar-refractivity contribution in [2.24, 2.45) is 0 Å². The van der Waals surface area contributed by atoms with Gasteiger partial charge in [-0.05, 0) is 51.7 Å². The highest BCUT2D eigenvalue weighted by atomic mass is 19.2. The number of halogens is 3. The maximum Gasteiger partial charge on any atom is 0.411 e. The van der Waals surface area contributed by atoms with Gasteiger partial charge in [-0.3, -0.25) is 4.90 Å². The van der Waals surface area contributed by atoms with E-state index in [1.807, 2.05) is 0 Å². The van der Waals surface area contributed by atoms with Gasteiger partial charge in [0.2, 0.25) is 0 Å². The van der Waals surface area contributed by atoms with Crippen molar-refractivity contribution < 1.29 is 22.7 Å². The molecule has 6 heteroatoms. The Morgan fingerprint density at radius 1 is 1.21 bits per heavy atom. The summed E-state index contributed by atoms with van der Waals surface area (Å²) in [4.78, 5) is 14.0. The van der Waals surface area contributed by atoms with E-state index in [1.54, 1.807) is 31.7 Å². The van der Waals surface area contributed by atoms with Gasteiger partial charge in [0.05, 0.1) is 6.04 Å². The van der Waals surface area contributed by atoms with Crippen molar-refractivity contribution in [2.75, 3.05) is 0 Å². The molecule has 0 aromatic heterocycles. The summed E-state index contributed by atoms with van der Waals surface area (Å²) in [6.07, 6.45) is 3.16. The highest BCUT2D eigenvalue weighted by molar-refractivity contribution is 5.75.